The monoisotopic (exact) mass is 752 g/mol. The number of ether oxygens (including phenoxy) is 2. The number of carbonyl (C=O) groups excluding carboxylic acids is 2. The molecule has 4 unspecified atom stereocenters. The van der Waals surface area contributed by atoms with Gasteiger partial charge in [0.1, 0.15) is 13.2 Å². The summed E-state index contributed by atoms with van der Waals surface area (Å²) in [5.74, 6) is 2.21. The van der Waals surface area contributed by atoms with E-state index in [2.05, 4.69) is 26.0 Å². The Morgan fingerprint density at radius 1 is 0.804 bits per heavy atom. The highest BCUT2D eigenvalue weighted by Crippen LogP contribution is 2.62. The zero-order valence-corrected chi connectivity index (χ0v) is 32.6. The minimum Gasteiger partial charge on any atom is -0.618 e. The van der Waals surface area contributed by atoms with Crippen molar-refractivity contribution in [2.24, 2.45) is 35.5 Å². The van der Waals surface area contributed by atoms with Gasteiger partial charge in [-0.3, -0.25) is 14.8 Å². The molecule has 9 heteroatoms. The lowest BCUT2D eigenvalue weighted by Gasteiger charge is -2.60. The van der Waals surface area contributed by atoms with Gasteiger partial charge in [0, 0.05) is 48.6 Å². The summed E-state index contributed by atoms with van der Waals surface area (Å²) in [5.41, 5.74) is 6.05. The van der Waals surface area contributed by atoms with Gasteiger partial charge in [-0.1, -0.05) is 74.5 Å². The van der Waals surface area contributed by atoms with Crippen LogP contribution in [0.5, 0.6) is 0 Å². The molecule has 4 heterocycles. The normalized spacial score (nSPS) is 31.0. The molecule has 4 aromatic rings. The molecular weight excluding hydrogens is 701 g/mol. The Bertz CT molecular complexity index is 2160. The number of hydrogen-bond acceptors (Lipinski definition) is 6. The van der Waals surface area contributed by atoms with E-state index in [-0.39, 0.29) is 31.3 Å². The lowest BCUT2D eigenvalue weighted by molar-refractivity contribution is -0.605. The Kier molecular flexibility index (Phi) is 8.64. The van der Waals surface area contributed by atoms with Crippen LogP contribution >= 0.6 is 0 Å². The maximum absolute atomic E-state index is 14.9. The van der Waals surface area contributed by atoms with Crippen molar-refractivity contribution in [1.29, 1.82) is 0 Å². The third-order valence-corrected chi connectivity index (χ3v) is 14.9. The van der Waals surface area contributed by atoms with Crippen molar-refractivity contribution in [3.63, 3.8) is 0 Å². The van der Waals surface area contributed by atoms with Crippen molar-refractivity contribution < 1.29 is 23.8 Å². The highest BCUT2D eigenvalue weighted by atomic mass is 16.6. The van der Waals surface area contributed by atoms with Crippen molar-refractivity contribution in [2.45, 2.75) is 95.9 Å². The summed E-state index contributed by atoms with van der Waals surface area (Å²) in [4.78, 5) is 37.3. The van der Waals surface area contributed by atoms with Crippen LogP contribution in [0.1, 0.15) is 92.4 Å². The fraction of sp³-hybridized carbons (Fsp3) is 0.489. The van der Waals surface area contributed by atoms with Gasteiger partial charge in [-0.25, -0.2) is 9.59 Å². The van der Waals surface area contributed by atoms with Gasteiger partial charge in [-0.05, 0) is 110 Å². The molecule has 290 valence electrons. The Labute approximate surface area is 329 Å². The molecule has 4 aliphatic carbocycles. The first-order valence-corrected chi connectivity index (χ1v) is 21.0. The van der Waals surface area contributed by atoms with E-state index in [9.17, 15) is 14.8 Å². The van der Waals surface area contributed by atoms with Crippen LogP contribution in [0, 0.1) is 40.7 Å². The quantitative estimate of drug-likeness (QED) is 0.150. The number of piperidine rings is 2. The van der Waals surface area contributed by atoms with Crippen LogP contribution in [0.15, 0.2) is 85.1 Å². The first kappa shape index (κ1) is 35.5. The van der Waals surface area contributed by atoms with E-state index in [1.54, 1.807) is 0 Å². The predicted octanol–water partition coefficient (Wildman–Crippen LogP) is 8.68. The zero-order chi connectivity index (χ0) is 38.2. The van der Waals surface area contributed by atoms with Gasteiger partial charge in [0.15, 0.2) is 5.69 Å². The number of amides is 2. The number of aromatic nitrogens is 2. The van der Waals surface area contributed by atoms with Crippen LogP contribution in [0.3, 0.4) is 0 Å². The summed E-state index contributed by atoms with van der Waals surface area (Å²) in [7, 11) is 0. The number of rotatable bonds is 5. The molecule has 2 saturated carbocycles. The molecule has 2 aromatic carbocycles. The van der Waals surface area contributed by atoms with E-state index in [0.29, 0.717) is 54.8 Å². The third-order valence-electron chi connectivity index (χ3n) is 14.9. The SMILES string of the molecule is C[C@@H]1CC2Cc3c(ccc(-c4cnc5c(c4)C46C[C@H](C)C(C5)[C@H]4CCCN6C(=O)OCc4ccccc4)[n+]3[O-])C3(C1)[C@@H]2CCCN3C(=O)OCc1ccccc1. The summed E-state index contributed by atoms with van der Waals surface area (Å²) in [6.45, 7) is 6.33. The Morgan fingerprint density at radius 2 is 1.43 bits per heavy atom. The number of benzene rings is 2. The van der Waals surface area contributed by atoms with Crippen LogP contribution < -0.4 is 4.73 Å². The Morgan fingerprint density at radius 3 is 2.09 bits per heavy atom. The molecule has 8 atom stereocenters. The lowest BCUT2D eigenvalue weighted by Crippen LogP contribution is -2.65. The summed E-state index contributed by atoms with van der Waals surface area (Å²) in [6.07, 6.45) is 9.60. The van der Waals surface area contributed by atoms with Crippen molar-refractivity contribution in [3.8, 4) is 11.3 Å². The second-order valence-corrected chi connectivity index (χ2v) is 17.9. The molecule has 2 amide bonds. The summed E-state index contributed by atoms with van der Waals surface area (Å²) >= 11 is 0. The average Bonchev–Trinajstić information content (AvgIpc) is 3.44. The van der Waals surface area contributed by atoms with Gasteiger partial charge in [0.05, 0.1) is 16.6 Å². The summed E-state index contributed by atoms with van der Waals surface area (Å²) in [5, 5.41) is 14.9. The minimum absolute atomic E-state index is 0.221. The fourth-order valence-electron chi connectivity index (χ4n) is 12.9. The smallest absolute Gasteiger partial charge is 0.410 e. The average molecular weight is 753 g/mol. The maximum Gasteiger partial charge on any atom is 0.410 e. The van der Waals surface area contributed by atoms with Crippen LogP contribution in [0.2, 0.25) is 0 Å². The molecule has 56 heavy (non-hydrogen) atoms. The molecular formula is C47H52N4O5. The Hall–Kier alpha value is -4.92. The zero-order valence-electron chi connectivity index (χ0n) is 32.6. The number of carbonyl (C=O) groups is 2. The van der Waals surface area contributed by atoms with Crippen molar-refractivity contribution in [2.75, 3.05) is 13.1 Å². The second kappa shape index (κ2) is 13.6. The van der Waals surface area contributed by atoms with Gasteiger partial charge in [0.2, 0.25) is 5.69 Å². The molecule has 4 bridgehead atoms. The van der Waals surface area contributed by atoms with Crippen LogP contribution in [-0.2, 0) is 46.6 Å². The standard InChI is InChI=1S/C47H52N4O5/c1-30-21-34-23-43-39(46(25-30)37(34)15-9-19-49(46)44(52)55-28-32-11-5-3-6-12-32)17-18-42(51(43)54)35-22-40-41(48-27-35)24-36-31(2)26-47(40)38(36)16-10-20-50(47)45(53)56-29-33-13-7-4-8-14-33/h3-8,11-14,17-18,22,27,30-31,34,36-38H,9-10,15-16,19-21,23-26,28-29H2,1-2H3/t30-,31+,34?,36?,37-,38-,46?,47?/m1/s1. The van der Waals surface area contributed by atoms with Crippen molar-refractivity contribution in [1.82, 2.24) is 14.8 Å². The number of hydrogen-bond donors (Lipinski definition) is 0. The largest absolute Gasteiger partial charge is 0.618 e. The van der Waals surface area contributed by atoms with Gasteiger partial charge in [0.25, 0.3) is 0 Å². The minimum atomic E-state index is -0.579. The molecule has 2 aromatic heterocycles. The van der Waals surface area contributed by atoms with Crippen LogP contribution in [0.4, 0.5) is 9.59 Å². The lowest BCUT2D eigenvalue weighted by atomic mass is 9.53. The predicted molar refractivity (Wildman–Crippen MR) is 211 cm³/mol. The summed E-state index contributed by atoms with van der Waals surface area (Å²) in [6, 6.07) is 26.0. The van der Waals surface area contributed by atoms with E-state index >= 15 is 0 Å². The number of nitrogens with zero attached hydrogens (tertiary/aromatic N) is 4. The van der Waals surface area contributed by atoms with Gasteiger partial charge >= 0.3 is 12.2 Å². The molecule has 2 aliphatic heterocycles. The van der Waals surface area contributed by atoms with E-state index in [0.717, 1.165) is 95.3 Å². The molecule has 0 radical (unpaired) electrons. The number of likely N-dealkylation sites (tertiary alicyclic amines) is 2. The molecule has 4 fully saturated rings. The summed E-state index contributed by atoms with van der Waals surface area (Å²) < 4.78 is 13.2. The fourth-order valence-corrected chi connectivity index (χ4v) is 12.9. The third kappa shape index (κ3) is 5.39. The van der Waals surface area contributed by atoms with E-state index in [4.69, 9.17) is 14.5 Å². The van der Waals surface area contributed by atoms with Gasteiger partial charge < -0.3 is 14.7 Å². The van der Waals surface area contributed by atoms with E-state index < -0.39 is 11.1 Å². The highest BCUT2D eigenvalue weighted by Gasteiger charge is 2.63. The van der Waals surface area contributed by atoms with Crippen molar-refractivity contribution in [3.05, 3.63) is 124 Å². The first-order chi connectivity index (χ1) is 27.3. The molecule has 6 aliphatic rings. The van der Waals surface area contributed by atoms with E-state index in [1.165, 1.54) is 0 Å². The highest BCUT2D eigenvalue weighted by molar-refractivity contribution is 5.72. The topological polar surface area (TPSA) is 98.9 Å². The number of pyridine rings is 2. The molecule has 9 nitrogen and oxygen atoms in total. The second-order valence-electron chi connectivity index (χ2n) is 17.9. The van der Waals surface area contributed by atoms with Gasteiger partial charge in [-0.15, -0.1) is 0 Å². The maximum atomic E-state index is 14.9. The van der Waals surface area contributed by atoms with Crippen LogP contribution in [0.25, 0.3) is 11.3 Å². The molecule has 0 N–H and O–H groups in total. The molecule has 0 spiro atoms. The van der Waals surface area contributed by atoms with Crippen molar-refractivity contribution >= 4 is 12.2 Å². The molecule has 2 saturated heterocycles. The van der Waals surface area contributed by atoms with Crippen LogP contribution in [-0.4, -0.2) is 40.1 Å². The first-order valence-electron chi connectivity index (χ1n) is 21.0. The number of fused-ring (bicyclic) bond motifs is 2. The van der Waals surface area contributed by atoms with E-state index in [1.807, 2.05) is 82.7 Å². The van der Waals surface area contributed by atoms with Gasteiger partial charge in [-0.2, -0.15) is 4.73 Å². The Balaban J connectivity index is 1.02. The molecule has 10 rings (SSSR count).